The molecule has 0 bridgehead atoms. The number of nitrogens with two attached hydrogens (primary N) is 1. The van der Waals surface area contributed by atoms with Gasteiger partial charge >= 0.3 is 0 Å². The second kappa shape index (κ2) is 4.92. The lowest BCUT2D eigenvalue weighted by Crippen LogP contribution is -2.31. The highest BCUT2D eigenvalue weighted by Gasteiger charge is 2.26. The third kappa shape index (κ3) is 2.03. The number of rotatable bonds is 3. The molecule has 1 aliphatic heterocycles. The van der Waals surface area contributed by atoms with Gasteiger partial charge in [-0.25, -0.2) is 0 Å². The van der Waals surface area contributed by atoms with E-state index in [4.69, 9.17) is 17.3 Å². The fourth-order valence-electron chi connectivity index (χ4n) is 2.59. The number of para-hydroxylation sites is 1. The van der Waals surface area contributed by atoms with Crippen molar-refractivity contribution in [2.75, 3.05) is 18.0 Å². The van der Waals surface area contributed by atoms with Crippen molar-refractivity contribution < 1.29 is 0 Å². The van der Waals surface area contributed by atoms with Crippen LogP contribution in [0.1, 0.15) is 16.5 Å². The Kier molecular flexibility index (Phi) is 3.29. The first kappa shape index (κ1) is 12.0. The van der Waals surface area contributed by atoms with Crippen LogP contribution in [0.25, 0.3) is 0 Å². The van der Waals surface area contributed by atoms with Crippen LogP contribution in [0.4, 0.5) is 5.69 Å². The Labute approximate surface area is 116 Å². The molecule has 0 saturated heterocycles. The van der Waals surface area contributed by atoms with Crippen molar-refractivity contribution in [2.45, 2.75) is 12.5 Å². The summed E-state index contributed by atoms with van der Waals surface area (Å²) in [6.07, 6.45) is 1.10. The first-order valence-electron chi connectivity index (χ1n) is 6.09. The van der Waals surface area contributed by atoms with Gasteiger partial charge in [-0.3, -0.25) is 0 Å². The smallest absolute Gasteiger partial charge is 0.0932 e. The summed E-state index contributed by atoms with van der Waals surface area (Å²) in [4.78, 5) is 3.65. The molecule has 18 heavy (non-hydrogen) atoms. The van der Waals surface area contributed by atoms with Crippen molar-refractivity contribution >= 4 is 28.6 Å². The molecular weight excluding hydrogens is 264 g/mol. The van der Waals surface area contributed by atoms with Gasteiger partial charge in [0.2, 0.25) is 0 Å². The van der Waals surface area contributed by atoms with Crippen molar-refractivity contribution in [3.05, 3.63) is 51.2 Å². The lowest BCUT2D eigenvalue weighted by atomic mass is 10.1. The topological polar surface area (TPSA) is 29.3 Å². The normalized spacial score (nSPS) is 15.8. The molecule has 0 amide bonds. The zero-order chi connectivity index (χ0) is 12.5. The van der Waals surface area contributed by atoms with Gasteiger partial charge in [-0.1, -0.05) is 29.8 Å². The summed E-state index contributed by atoms with van der Waals surface area (Å²) >= 11 is 7.65. The standard InChI is InChI=1S/C14H15ClN2S/c15-14-6-5-13(18-14)12(9-16)17-8-7-10-3-1-2-4-11(10)17/h1-6,12H,7-9,16H2. The number of hydrogen-bond acceptors (Lipinski definition) is 3. The Morgan fingerprint density at radius 1 is 1.28 bits per heavy atom. The maximum Gasteiger partial charge on any atom is 0.0932 e. The van der Waals surface area contributed by atoms with Gasteiger partial charge in [0.25, 0.3) is 0 Å². The van der Waals surface area contributed by atoms with Crippen LogP contribution in [-0.2, 0) is 6.42 Å². The molecular formula is C14H15ClN2S. The minimum Gasteiger partial charge on any atom is -0.362 e. The molecule has 2 heterocycles. The fourth-order valence-corrected chi connectivity index (χ4v) is 3.78. The van der Waals surface area contributed by atoms with Crippen molar-refractivity contribution in [2.24, 2.45) is 5.73 Å². The zero-order valence-electron chi connectivity index (χ0n) is 9.97. The third-order valence-corrected chi connectivity index (χ3v) is 4.78. The number of nitrogens with zero attached hydrogens (tertiary/aromatic N) is 1. The predicted octanol–water partition coefficient (Wildman–Crippen LogP) is 3.46. The van der Waals surface area contributed by atoms with E-state index in [0.717, 1.165) is 17.3 Å². The van der Waals surface area contributed by atoms with Crippen molar-refractivity contribution in [1.82, 2.24) is 0 Å². The molecule has 0 aliphatic carbocycles. The van der Waals surface area contributed by atoms with E-state index in [1.165, 1.54) is 16.1 Å². The molecule has 4 heteroatoms. The van der Waals surface area contributed by atoms with Crippen molar-refractivity contribution in [3.8, 4) is 0 Å². The van der Waals surface area contributed by atoms with E-state index in [2.05, 4.69) is 35.2 Å². The van der Waals surface area contributed by atoms with Crippen LogP contribution in [0.3, 0.4) is 0 Å². The lowest BCUT2D eigenvalue weighted by Gasteiger charge is -2.28. The van der Waals surface area contributed by atoms with Crippen LogP contribution in [0.2, 0.25) is 4.34 Å². The quantitative estimate of drug-likeness (QED) is 0.932. The van der Waals surface area contributed by atoms with Gasteiger partial charge in [-0.2, -0.15) is 0 Å². The van der Waals surface area contributed by atoms with E-state index in [1.807, 2.05) is 6.07 Å². The van der Waals surface area contributed by atoms with E-state index in [0.29, 0.717) is 6.54 Å². The Bertz CT molecular complexity index is 552. The maximum atomic E-state index is 6.03. The summed E-state index contributed by atoms with van der Waals surface area (Å²) in [6.45, 7) is 1.65. The SMILES string of the molecule is NCC(c1ccc(Cl)s1)N1CCc2ccccc21. The highest BCUT2D eigenvalue weighted by Crippen LogP contribution is 2.37. The van der Waals surface area contributed by atoms with E-state index in [-0.39, 0.29) is 6.04 Å². The monoisotopic (exact) mass is 278 g/mol. The molecule has 1 aromatic carbocycles. The van der Waals surface area contributed by atoms with E-state index < -0.39 is 0 Å². The molecule has 1 aromatic heterocycles. The fraction of sp³-hybridized carbons (Fsp3) is 0.286. The second-order valence-corrected chi connectivity index (χ2v) is 6.21. The van der Waals surface area contributed by atoms with Crippen LogP contribution < -0.4 is 10.6 Å². The highest BCUT2D eigenvalue weighted by atomic mass is 35.5. The third-order valence-electron chi connectivity index (χ3n) is 3.44. The molecule has 1 aliphatic rings. The largest absolute Gasteiger partial charge is 0.362 e. The highest BCUT2D eigenvalue weighted by molar-refractivity contribution is 7.16. The van der Waals surface area contributed by atoms with Gasteiger partial charge in [0, 0.05) is 23.7 Å². The maximum absolute atomic E-state index is 6.03. The molecule has 1 atom stereocenters. The Balaban J connectivity index is 1.95. The summed E-state index contributed by atoms with van der Waals surface area (Å²) in [6, 6.07) is 12.8. The summed E-state index contributed by atoms with van der Waals surface area (Å²) in [5, 5.41) is 0. The molecule has 94 valence electrons. The molecule has 2 aromatic rings. The molecule has 0 fully saturated rings. The zero-order valence-corrected chi connectivity index (χ0v) is 11.5. The van der Waals surface area contributed by atoms with Gasteiger partial charge in [0.15, 0.2) is 0 Å². The number of hydrogen-bond donors (Lipinski definition) is 1. The first-order chi connectivity index (χ1) is 8.79. The van der Waals surface area contributed by atoms with E-state index in [1.54, 1.807) is 11.3 Å². The van der Waals surface area contributed by atoms with Gasteiger partial charge < -0.3 is 10.6 Å². The molecule has 0 saturated carbocycles. The minimum atomic E-state index is 0.242. The van der Waals surface area contributed by atoms with Gasteiger partial charge in [0.05, 0.1) is 10.4 Å². The molecule has 2 nitrogen and oxygen atoms in total. The number of fused-ring (bicyclic) bond motifs is 1. The molecule has 1 unspecified atom stereocenters. The van der Waals surface area contributed by atoms with E-state index >= 15 is 0 Å². The Hall–Kier alpha value is -1.03. The van der Waals surface area contributed by atoms with Gasteiger partial charge in [0.1, 0.15) is 0 Å². The minimum absolute atomic E-state index is 0.242. The summed E-state index contributed by atoms with van der Waals surface area (Å²) in [5.74, 6) is 0. The van der Waals surface area contributed by atoms with E-state index in [9.17, 15) is 0 Å². The summed E-state index contributed by atoms with van der Waals surface area (Å²) < 4.78 is 0.830. The Morgan fingerprint density at radius 3 is 2.83 bits per heavy atom. The number of thiophene rings is 1. The number of halogens is 1. The lowest BCUT2D eigenvalue weighted by molar-refractivity contribution is 0.659. The molecule has 0 radical (unpaired) electrons. The Morgan fingerprint density at radius 2 is 2.11 bits per heavy atom. The van der Waals surface area contributed by atoms with Crippen LogP contribution in [-0.4, -0.2) is 13.1 Å². The molecule has 2 N–H and O–H groups in total. The molecule has 3 rings (SSSR count). The van der Waals surface area contributed by atoms with Gasteiger partial charge in [-0.15, -0.1) is 11.3 Å². The second-order valence-electron chi connectivity index (χ2n) is 4.47. The number of anilines is 1. The summed E-state index contributed by atoms with van der Waals surface area (Å²) in [5.41, 5.74) is 8.71. The van der Waals surface area contributed by atoms with Crippen molar-refractivity contribution in [1.29, 1.82) is 0 Å². The predicted molar refractivity (Wildman–Crippen MR) is 78.6 cm³/mol. The van der Waals surface area contributed by atoms with Crippen LogP contribution in [0.15, 0.2) is 36.4 Å². The van der Waals surface area contributed by atoms with Crippen LogP contribution in [0.5, 0.6) is 0 Å². The first-order valence-corrected chi connectivity index (χ1v) is 7.29. The average molecular weight is 279 g/mol. The summed E-state index contributed by atoms with van der Waals surface area (Å²) in [7, 11) is 0. The van der Waals surface area contributed by atoms with Gasteiger partial charge in [-0.05, 0) is 30.2 Å². The van der Waals surface area contributed by atoms with Crippen molar-refractivity contribution in [3.63, 3.8) is 0 Å². The average Bonchev–Trinajstić information content (AvgIpc) is 2.98. The van der Waals surface area contributed by atoms with Crippen LogP contribution in [0, 0.1) is 0 Å². The van der Waals surface area contributed by atoms with Crippen LogP contribution >= 0.6 is 22.9 Å². The number of benzene rings is 1. The molecule has 0 spiro atoms.